The van der Waals surface area contributed by atoms with Gasteiger partial charge in [0.1, 0.15) is 15.7 Å². The molecule has 0 spiro atoms. The minimum absolute atomic E-state index is 0.239. The lowest BCUT2D eigenvalue weighted by atomic mass is 9.99. The van der Waals surface area contributed by atoms with Crippen molar-refractivity contribution >= 4 is 21.6 Å². The number of sulfonamides is 1. The van der Waals surface area contributed by atoms with E-state index in [2.05, 4.69) is 10.1 Å². The fourth-order valence-corrected chi connectivity index (χ4v) is 4.31. The highest BCUT2D eigenvalue weighted by molar-refractivity contribution is 7.89. The molecule has 0 bridgehead atoms. The molecule has 0 aromatic carbocycles. The van der Waals surface area contributed by atoms with Crippen LogP contribution in [0.4, 0.5) is 0 Å². The minimum Gasteiger partial charge on any atom is -0.492 e. The Morgan fingerprint density at radius 1 is 1.33 bits per heavy atom. The molecule has 1 fully saturated rings. The Morgan fingerprint density at radius 3 is 2.71 bits per heavy atom. The fraction of sp³-hybridized carbons (Fsp3) is 0.467. The molecule has 1 aliphatic rings. The second-order valence-corrected chi connectivity index (χ2v) is 8.16. The lowest BCUT2D eigenvalue weighted by Gasteiger charge is -2.30. The Bertz CT molecular complexity index is 801. The highest BCUT2D eigenvalue weighted by Crippen LogP contribution is 2.26. The lowest BCUT2D eigenvalue weighted by molar-refractivity contribution is 0.185. The van der Waals surface area contributed by atoms with Crippen molar-refractivity contribution in [2.75, 3.05) is 19.7 Å². The molecule has 3 heterocycles. The average Bonchev–Trinajstić information content (AvgIpc) is 3.02. The van der Waals surface area contributed by atoms with E-state index < -0.39 is 10.0 Å². The van der Waals surface area contributed by atoms with Crippen LogP contribution in [0.2, 0.25) is 5.02 Å². The zero-order valence-corrected chi connectivity index (χ0v) is 14.9. The molecule has 2 aromatic rings. The topological polar surface area (TPSA) is 77.3 Å². The quantitative estimate of drug-likeness (QED) is 0.803. The van der Waals surface area contributed by atoms with Gasteiger partial charge in [0.2, 0.25) is 10.0 Å². The maximum absolute atomic E-state index is 12.5. The van der Waals surface area contributed by atoms with E-state index in [1.807, 2.05) is 0 Å². The van der Waals surface area contributed by atoms with Crippen molar-refractivity contribution < 1.29 is 13.2 Å². The second-order valence-electron chi connectivity index (χ2n) is 5.81. The van der Waals surface area contributed by atoms with Crippen LogP contribution in [0.15, 0.2) is 35.7 Å². The highest BCUT2D eigenvalue weighted by atomic mass is 35.5. The number of piperidine rings is 1. The molecule has 3 rings (SSSR count). The van der Waals surface area contributed by atoms with Gasteiger partial charge in [-0.15, -0.1) is 0 Å². The minimum atomic E-state index is -3.46. The lowest BCUT2D eigenvalue weighted by Crippen LogP contribution is -2.39. The van der Waals surface area contributed by atoms with Crippen LogP contribution in [-0.2, 0) is 17.1 Å². The Kier molecular flexibility index (Phi) is 5.07. The molecule has 0 amide bonds. The number of aromatic nitrogens is 3. The number of pyridine rings is 1. The third-order valence-corrected chi connectivity index (χ3v) is 6.24. The molecular weight excluding hydrogens is 352 g/mol. The molecule has 1 saturated heterocycles. The van der Waals surface area contributed by atoms with Gasteiger partial charge >= 0.3 is 0 Å². The molecule has 2 aromatic heterocycles. The van der Waals surface area contributed by atoms with Crippen molar-refractivity contribution in [3.8, 4) is 5.75 Å². The summed E-state index contributed by atoms with van der Waals surface area (Å²) in [5.41, 5.74) is 0. The largest absolute Gasteiger partial charge is 0.492 e. The van der Waals surface area contributed by atoms with E-state index in [1.54, 1.807) is 25.5 Å². The molecule has 0 aliphatic carbocycles. The summed E-state index contributed by atoms with van der Waals surface area (Å²) in [7, 11) is -1.76. The van der Waals surface area contributed by atoms with Gasteiger partial charge in [-0.3, -0.25) is 9.67 Å². The zero-order chi connectivity index (χ0) is 17.2. The SMILES string of the molecule is Cn1cc(S(=O)(=O)N2CCC(COc3ccncc3Cl)CC2)cn1. The molecule has 0 atom stereocenters. The van der Waals surface area contributed by atoms with Crippen LogP contribution in [0.1, 0.15) is 12.8 Å². The summed E-state index contributed by atoms with van der Waals surface area (Å²) in [6, 6.07) is 1.73. The molecule has 0 radical (unpaired) electrons. The number of ether oxygens (including phenoxy) is 1. The number of rotatable bonds is 5. The van der Waals surface area contributed by atoms with Crippen molar-refractivity contribution in [1.29, 1.82) is 0 Å². The molecular formula is C15H19ClN4O3S. The normalized spacial score (nSPS) is 17.1. The fourth-order valence-electron chi connectivity index (χ4n) is 2.68. The predicted octanol–water partition coefficient (Wildman–Crippen LogP) is 1.95. The Labute approximate surface area is 146 Å². The molecule has 0 saturated carbocycles. The molecule has 130 valence electrons. The molecule has 1 aliphatic heterocycles. The number of hydrogen-bond acceptors (Lipinski definition) is 5. The van der Waals surface area contributed by atoms with Crippen molar-refractivity contribution in [2.45, 2.75) is 17.7 Å². The Morgan fingerprint density at radius 2 is 2.08 bits per heavy atom. The summed E-state index contributed by atoms with van der Waals surface area (Å²) in [6.45, 7) is 1.48. The standard InChI is InChI=1S/C15H19ClN4O3S/c1-19-10-13(8-18-19)24(21,22)20-6-3-12(4-7-20)11-23-15-2-5-17-9-14(15)16/h2,5,8-10,12H,3-4,6-7,11H2,1H3. The van der Waals surface area contributed by atoms with Gasteiger partial charge in [0.25, 0.3) is 0 Å². The Balaban J connectivity index is 1.55. The summed E-state index contributed by atoms with van der Waals surface area (Å²) in [6.07, 6.45) is 7.58. The molecule has 24 heavy (non-hydrogen) atoms. The van der Waals surface area contributed by atoms with E-state index in [9.17, 15) is 8.42 Å². The van der Waals surface area contributed by atoms with Gasteiger partial charge in [0.05, 0.1) is 12.8 Å². The van der Waals surface area contributed by atoms with Crippen LogP contribution in [0, 0.1) is 5.92 Å². The van der Waals surface area contributed by atoms with Gasteiger partial charge in [-0.1, -0.05) is 11.6 Å². The number of hydrogen-bond donors (Lipinski definition) is 0. The van der Waals surface area contributed by atoms with Crippen LogP contribution in [-0.4, -0.2) is 47.2 Å². The van der Waals surface area contributed by atoms with E-state index in [-0.39, 0.29) is 4.90 Å². The summed E-state index contributed by atoms with van der Waals surface area (Å²) in [5.74, 6) is 0.909. The van der Waals surface area contributed by atoms with E-state index in [1.165, 1.54) is 21.4 Å². The summed E-state index contributed by atoms with van der Waals surface area (Å²) in [5, 5.41) is 4.42. The van der Waals surface area contributed by atoms with Crippen molar-refractivity contribution in [3.63, 3.8) is 0 Å². The maximum atomic E-state index is 12.5. The van der Waals surface area contributed by atoms with Crippen LogP contribution in [0.25, 0.3) is 0 Å². The Hall–Kier alpha value is -1.64. The molecule has 7 nitrogen and oxygen atoms in total. The third-order valence-electron chi connectivity index (χ3n) is 4.10. The highest BCUT2D eigenvalue weighted by Gasteiger charge is 2.30. The summed E-state index contributed by atoms with van der Waals surface area (Å²) < 4.78 is 33.8. The predicted molar refractivity (Wildman–Crippen MR) is 89.4 cm³/mol. The summed E-state index contributed by atoms with van der Waals surface area (Å²) in [4.78, 5) is 4.15. The smallest absolute Gasteiger partial charge is 0.246 e. The first kappa shape index (κ1) is 17.2. The zero-order valence-electron chi connectivity index (χ0n) is 13.3. The first-order valence-electron chi connectivity index (χ1n) is 7.68. The number of halogens is 1. The maximum Gasteiger partial charge on any atom is 0.246 e. The molecule has 0 N–H and O–H groups in total. The van der Waals surface area contributed by atoms with Gasteiger partial charge in [0.15, 0.2) is 0 Å². The molecule has 9 heteroatoms. The first-order valence-corrected chi connectivity index (χ1v) is 9.50. The van der Waals surface area contributed by atoms with Crippen molar-refractivity contribution in [3.05, 3.63) is 35.9 Å². The van der Waals surface area contributed by atoms with E-state index in [0.29, 0.717) is 36.4 Å². The van der Waals surface area contributed by atoms with Crippen LogP contribution >= 0.6 is 11.6 Å². The second kappa shape index (κ2) is 7.08. The van der Waals surface area contributed by atoms with E-state index in [0.717, 1.165) is 12.8 Å². The van der Waals surface area contributed by atoms with E-state index >= 15 is 0 Å². The van der Waals surface area contributed by atoms with Crippen molar-refractivity contribution in [1.82, 2.24) is 19.1 Å². The molecule has 0 unspecified atom stereocenters. The van der Waals surface area contributed by atoms with Gasteiger partial charge in [0, 0.05) is 44.8 Å². The van der Waals surface area contributed by atoms with Crippen LogP contribution in [0.3, 0.4) is 0 Å². The number of nitrogens with zero attached hydrogens (tertiary/aromatic N) is 4. The van der Waals surface area contributed by atoms with Gasteiger partial charge in [-0.2, -0.15) is 9.40 Å². The van der Waals surface area contributed by atoms with Crippen LogP contribution < -0.4 is 4.74 Å². The number of aryl methyl sites for hydroxylation is 1. The van der Waals surface area contributed by atoms with Crippen LogP contribution in [0.5, 0.6) is 5.75 Å². The van der Waals surface area contributed by atoms with Gasteiger partial charge in [-0.05, 0) is 18.8 Å². The van der Waals surface area contributed by atoms with Gasteiger partial charge < -0.3 is 4.74 Å². The average molecular weight is 371 g/mol. The first-order chi connectivity index (χ1) is 11.5. The van der Waals surface area contributed by atoms with Gasteiger partial charge in [-0.25, -0.2) is 8.42 Å². The summed E-state index contributed by atoms with van der Waals surface area (Å²) >= 11 is 6.01. The van der Waals surface area contributed by atoms with Crippen molar-refractivity contribution in [2.24, 2.45) is 13.0 Å². The monoisotopic (exact) mass is 370 g/mol. The third kappa shape index (κ3) is 3.71. The van der Waals surface area contributed by atoms with E-state index in [4.69, 9.17) is 16.3 Å².